The summed E-state index contributed by atoms with van der Waals surface area (Å²) in [5.74, 6) is -1.44. The van der Waals surface area contributed by atoms with Crippen LogP contribution in [0.2, 0.25) is 0 Å². The minimum Gasteiger partial charge on any atom is -0.369 e. The maximum Gasteiger partial charge on any atom is 0.249 e. The lowest BCUT2D eigenvalue weighted by molar-refractivity contribution is -0.136. The van der Waals surface area contributed by atoms with Gasteiger partial charge in [-0.05, 0) is 24.0 Å². The van der Waals surface area contributed by atoms with Gasteiger partial charge < -0.3 is 21.1 Å². The van der Waals surface area contributed by atoms with Crippen molar-refractivity contribution < 1.29 is 19.1 Å². The number of nitrogens with one attached hydrogen (secondary N) is 2. The van der Waals surface area contributed by atoms with Gasteiger partial charge in [0.15, 0.2) is 0 Å². The summed E-state index contributed by atoms with van der Waals surface area (Å²) >= 11 is 0. The highest BCUT2D eigenvalue weighted by atomic mass is 16.5. The Balaban J connectivity index is 1.56. The molecular formula is C25H31N3O4. The van der Waals surface area contributed by atoms with Crippen LogP contribution in [0.25, 0.3) is 0 Å². The van der Waals surface area contributed by atoms with E-state index in [2.05, 4.69) is 10.6 Å². The van der Waals surface area contributed by atoms with E-state index in [0.717, 1.165) is 24.0 Å². The first-order chi connectivity index (χ1) is 15.5. The van der Waals surface area contributed by atoms with Gasteiger partial charge in [0, 0.05) is 12.5 Å². The van der Waals surface area contributed by atoms with Gasteiger partial charge in [0.2, 0.25) is 17.7 Å². The molecule has 1 fully saturated rings. The summed E-state index contributed by atoms with van der Waals surface area (Å²) in [6, 6.07) is 19.0. The summed E-state index contributed by atoms with van der Waals surface area (Å²) in [6.07, 6.45) is 2.92. The molecule has 0 aromatic heterocycles. The molecule has 0 radical (unpaired) electrons. The largest absolute Gasteiger partial charge is 0.369 e. The SMILES string of the molecule is NC(=O)C1CCCCC1NC(=O)CNC(=O)C(Cc1ccccc1)OCc1ccccc1. The van der Waals surface area contributed by atoms with Crippen LogP contribution in [0.3, 0.4) is 0 Å². The molecular weight excluding hydrogens is 406 g/mol. The fraction of sp³-hybridized carbons (Fsp3) is 0.400. The van der Waals surface area contributed by atoms with Crippen LogP contribution < -0.4 is 16.4 Å². The molecule has 1 saturated carbocycles. The predicted molar refractivity (Wildman–Crippen MR) is 121 cm³/mol. The molecule has 7 heteroatoms. The summed E-state index contributed by atoms with van der Waals surface area (Å²) in [5.41, 5.74) is 7.41. The second-order valence-electron chi connectivity index (χ2n) is 8.16. The molecule has 3 unspecified atom stereocenters. The third-order valence-corrected chi connectivity index (χ3v) is 5.75. The summed E-state index contributed by atoms with van der Waals surface area (Å²) < 4.78 is 5.92. The molecule has 7 nitrogen and oxygen atoms in total. The van der Waals surface area contributed by atoms with E-state index in [-0.39, 0.29) is 30.3 Å². The zero-order valence-corrected chi connectivity index (χ0v) is 18.2. The maximum atomic E-state index is 12.8. The second kappa shape index (κ2) is 12.0. The number of hydrogen-bond donors (Lipinski definition) is 3. The first-order valence-electron chi connectivity index (χ1n) is 11.1. The predicted octanol–water partition coefficient (Wildman–Crippen LogP) is 2.09. The van der Waals surface area contributed by atoms with E-state index in [1.54, 1.807) is 0 Å². The summed E-state index contributed by atoms with van der Waals surface area (Å²) in [4.78, 5) is 36.9. The maximum absolute atomic E-state index is 12.8. The normalized spacial score (nSPS) is 19.0. The molecule has 170 valence electrons. The van der Waals surface area contributed by atoms with Crippen LogP contribution in [0, 0.1) is 5.92 Å². The minimum absolute atomic E-state index is 0.180. The molecule has 3 atom stereocenters. The molecule has 2 aromatic carbocycles. The first-order valence-corrected chi connectivity index (χ1v) is 11.1. The molecule has 4 N–H and O–H groups in total. The van der Waals surface area contributed by atoms with E-state index in [1.165, 1.54) is 0 Å². The molecule has 3 amide bonds. The molecule has 3 rings (SSSR count). The summed E-state index contributed by atoms with van der Waals surface area (Å²) in [5, 5.41) is 5.54. The highest BCUT2D eigenvalue weighted by Crippen LogP contribution is 2.24. The average Bonchev–Trinajstić information content (AvgIpc) is 2.81. The smallest absolute Gasteiger partial charge is 0.249 e. The Labute approximate surface area is 188 Å². The van der Waals surface area contributed by atoms with Crippen LogP contribution in [0.5, 0.6) is 0 Å². The standard InChI is InChI=1S/C25H31N3O4/c26-24(30)20-13-7-8-14-21(20)28-23(29)16-27-25(31)22(15-18-9-3-1-4-10-18)32-17-19-11-5-2-6-12-19/h1-6,9-12,20-22H,7-8,13-17H2,(H2,26,30)(H,27,31)(H,28,29). The molecule has 0 saturated heterocycles. The highest BCUT2D eigenvalue weighted by Gasteiger charge is 2.30. The fourth-order valence-corrected chi connectivity index (χ4v) is 4.01. The van der Waals surface area contributed by atoms with E-state index in [1.807, 2.05) is 60.7 Å². The number of carbonyl (C=O) groups is 3. The van der Waals surface area contributed by atoms with Crippen molar-refractivity contribution in [2.24, 2.45) is 11.7 Å². The number of benzene rings is 2. The lowest BCUT2D eigenvalue weighted by atomic mass is 9.84. The van der Waals surface area contributed by atoms with Gasteiger partial charge >= 0.3 is 0 Å². The van der Waals surface area contributed by atoms with Crippen LogP contribution in [0.1, 0.15) is 36.8 Å². The van der Waals surface area contributed by atoms with Crippen LogP contribution in [0.4, 0.5) is 0 Å². The quantitative estimate of drug-likeness (QED) is 0.529. The van der Waals surface area contributed by atoms with E-state index >= 15 is 0 Å². The van der Waals surface area contributed by atoms with Gasteiger partial charge in [0.1, 0.15) is 6.10 Å². The summed E-state index contributed by atoms with van der Waals surface area (Å²) in [6.45, 7) is 0.112. The highest BCUT2D eigenvalue weighted by molar-refractivity contribution is 5.87. The van der Waals surface area contributed by atoms with Crippen molar-refractivity contribution in [1.82, 2.24) is 10.6 Å². The first kappa shape index (κ1) is 23.5. The van der Waals surface area contributed by atoms with Gasteiger partial charge in [0.25, 0.3) is 0 Å². The van der Waals surface area contributed by atoms with Crippen molar-refractivity contribution in [3.05, 3.63) is 71.8 Å². The van der Waals surface area contributed by atoms with Crippen molar-refractivity contribution in [2.45, 2.75) is 50.9 Å². The van der Waals surface area contributed by atoms with Crippen molar-refractivity contribution in [2.75, 3.05) is 6.54 Å². The van der Waals surface area contributed by atoms with Gasteiger partial charge in [-0.15, -0.1) is 0 Å². The fourth-order valence-electron chi connectivity index (χ4n) is 4.01. The van der Waals surface area contributed by atoms with Gasteiger partial charge in [0.05, 0.1) is 19.1 Å². The van der Waals surface area contributed by atoms with Gasteiger partial charge in [-0.1, -0.05) is 73.5 Å². The van der Waals surface area contributed by atoms with E-state index in [9.17, 15) is 14.4 Å². The van der Waals surface area contributed by atoms with Crippen LogP contribution in [-0.4, -0.2) is 36.4 Å². The van der Waals surface area contributed by atoms with E-state index in [4.69, 9.17) is 10.5 Å². The van der Waals surface area contributed by atoms with E-state index < -0.39 is 12.0 Å². The molecule has 0 bridgehead atoms. The van der Waals surface area contributed by atoms with E-state index in [0.29, 0.717) is 25.9 Å². The second-order valence-corrected chi connectivity index (χ2v) is 8.16. The Hall–Kier alpha value is -3.19. The minimum atomic E-state index is -0.738. The Morgan fingerprint density at radius 2 is 1.56 bits per heavy atom. The van der Waals surface area contributed by atoms with Crippen LogP contribution >= 0.6 is 0 Å². The van der Waals surface area contributed by atoms with Gasteiger partial charge in [-0.25, -0.2) is 0 Å². The lowest BCUT2D eigenvalue weighted by Gasteiger charge is -2.30. The Kier molecular flexibility index (Phi) is 8.80. The average molecular weight is 438 g/mol. The zero-order valence-electron chi connectivity index (χ0n) is 18.2. The Morgan fingerprint density at radius 1 is 0.938 bits per heavy atom. The Morgan fingerprint density at radius 3 is 2.22 bits per heavy atom. The topological polar surface area (TPSA) is 111 Å². The van der Waals surface area contributed by atoms with Gasteiger partial charge in [-0.3, -0.25) is 14.4 Å². The van der Waals surface area contributed by atoms with Crippen molar-refractivity contribution in [1.29, 1.82) is 0 Å². The monoisotopic (exact) mass is 437 g/mol. The number of carbonyl (C=O) groups excluding carboxylic acids is 3. The zero-order chi connectivity index (χ0) is 22.8. The molecule has 32 heavy (non-hydrogen) atoms. The molecule has 0 aliphatic heterocycles. The number of ether oxygens (including phenoxy) is 1. The molecule has 1 aliphatic carbocycles. The number of rotatable bonds is 10. The molecule has 2 aromatic rings. The van der Waals surface area contributed by atoms with Crippen molar-refractivity contribution in [3.8, 4) is 0 Å². The molecule has 0 heterocycles. The lowest BCUT2D eigenvalue weighted by Crippen LogP contribution is -2.50. The third-order valence-electron chi connectivity index (χ3n) is 5.75. The van der Waals surface area contributed by atoms with Crippen LogP contribution in [0.15, 0.2) is 60.7 Å². The summed E-state index contributed by atoms with van der Waals surface area (Å²) in [7, 11) is 0. The van der Waals surface area contributed by atoms with Crippen LogP contribution in [-0.2, 0) is 32.1 Å². The number of amides is 3. The third kappa shape index (κ3) is 7.20. The number of hydrogen-bond acceptors (Lipinski definition) is 4. The van der Waals surface area contributed by atoms with Crippen molar-refractivity contribution in [3.63, 3.8) is 0 Å². The molecule has 0 spiro atoms. The van der Waals surface area contributed by atoms with Crippen molar-refractivity contribution >= 4 is 17.7 Å². The Bertz CT molecular complexity index is 889. The number of primary amides is 1. The van der Waals surface area contributed by atoms with Gasteiger partial charge in [-0.2, -0.15) is 0 Å². The molecule has 1 aliphatic rings. The number of nitrogens with two attached hydrogens (primary N) is 1.